The van der Waals surface area contributed by atoms with E-state index in [2.05, 4.69) is 53.4 Å². The van der Waals surface area contributed by atoms with Crippen molar-refractivity contribution in [1.29, 1.82) is 0 Å². The molecule has 0 aromatic rings. The fourth-order valence-corrected chi connectivity index (χ4v) is 11.7. The first kappa shape index (κ1) is 26.4. The van der Waals surface area contributed by atoms with Gasteiger partial charge in [-0.25, -0.2) is 0 Å². The smallest absolute Gasteiger partial charge is 0.226 e. The standard InChI is InChI=1S/C32H51NO3/c1-20(2)21-10-15-32(27(36)33-18-19-34)17-16-30(6)22(26(21)32)8-9-24-29(5)13-12-25(35)28(3,4)23(29)11-14-31(24,30)7/h21-24,26,34H,1,8-19H2,2-7H3,(H,33,36)/t21-,22?,23?,24?,26?,29-,30-,31+,32-/m0/s1. The van der Waals surface area contributed by atoms with Crippen LogP contribution in [0.25, 0.3) is 0 Å². The van der Waals surface area contributed by atoms with Gasteiger partial charge in [-0.15, -0.1) is 0 Å². The first-order valence-electron chi connectivity index (χ1n) is 14.9. The topological polar surface area (TPSA) is 66.4 Å². The summed E-state index contributed by atoms with van der Waals surface area (Å²) in [5, 5.41) is 12.5. The van der Waals surface area contributed by atoms with Crippen LogP contribution in [0.2, 0.25) is 0 Å². The van der Waals surface area contributed by atoms with Crippen LogP contribution >= 0.6 is 0 Å². The quantitative estimate of drug-likeness (QED) is 0.447. The third-order valence-corrected chi connectivity index (χ3v) is 13.7. The highest BCUT2D eigenvalue weighted by Crippen LogP contribution is 2.77. The van der Waals surface area contributed by atoms with E-state index >= 15 is 0 Å². The zero-order valence-electron chi connectivity index (χ0n) is 23.8. The summed E-state index contributed by atoms with van der Waals surface area (Å²) in [7, 11) is 0. The number of nitrogens with one attached hydrogen (secondary N) is 1. The van der Waals surface area contributed by atoms with E-state index in [0.717, 1.165) is 44.9 Å². The van der Waals surface area contributed by atoms with E-state index in [9.17, 15) is 14.7 Å². The molecule has 0 saturated heterocycles. The lowest BCUT2D eigenvalue weighted by atomic mass is 9.32. The van der Waals surface area contributed by atoms with Crippen molar-refractivity contribution in [1.82, 2.24) is 5.32 Å². The van der Waals surface area contributed by atoms with Crippen LogP contribution in [0.3, 0.4) is 0 Å². The molecule has 5 aliphatic rings. The van der Waals surface area contributed by atoms with Gasteiger partial charge >= 0.3 is 0 Å². The van der Waals surface area contributed by atoms with E-state index in [-0.39, 0.29) is 39.6 Å². The fourth-order valence-electron chi connectivity index (χ4n) is 11.7. The van der Waals surface area contributed by atoms with Crippen molar-refractivity contribution >= 4 is 11.7 Å². The first-order chi connectivity index (χ1) is 16.8. The number of ketones is 1. The molecule has 1 amide bonds. The van der Waals surface area contributed by atoms with Crippen LogP contribution < -0.4 is 5.32 Å². The average molecular weight is 498 g/mol. The van der Waals surface area contributed by atoms with E-state index in [1.807, 2.05) is 0 Å². The van der Waals surface area contributed by atoms with Crippen LogP contribution in [0.1, 0.15) is 106 Å². The lowest BCUT2D eigenvalue weighted by Gasteiger charge is -2.72. The first-order valence-corrected chi connectivity index (χ1v) is 14.9. The van der Waals surface area contributed by atoms with Gasteiger partial charge in [-0.3, -0.25) is 9.59 Å². The summed E-state index contributed by atoms with van der Waals surface area (Å²) >= 11 is 0. The van der Waals surface area contributed by atoms with Gasteiger partial charge in [0.2, 0.25) is 5.91 Å². The van der Waals surface area contributed by atoms with Crippen LogP contribution in [-0.2, 0) is 9.59 Å². The molecule has 0 heterocycles. The predicted octanol–water partition coefficient (Wildman–Crippen LogP) is 6.32. The zero-order valence-corrected chi connectivity index (χ0v) is 23.8. The molecular weight excluding hydrogens is 446 g/mol. The molecule has 0 aliphatic heterocycles. The number of aliphatic hydroxyl groups excluding tert-OH is 1. The van der Waals surface area contributed by atoms with Crippen LogP contribution in [0, 0.1) is 56.7 Å². The molecule has 5 aliphatic carbocycles. The van der Waals surface area contributed by atoms with Crippen LogP contribution in [-0.4, -0.2) is 29.9 Å². The Labute approximate surface area is 219 Å². The largest absolute Gasteiger partial charge is 0.395 e. The summed E-state index contributed by atoms with van der Waals surface area (Å²) in [5.41, 5.74) is 1.36. The molecule has 0 aromatic heterocycles. The van der Waals surface area contributed by atoms with E-state index in [1.165, 1.54) is 24.8 Å². The molecule has 5 rings (SSSR count). The second kappa shape index (κ2) is 8.42. The predicted molar refractivity (Wildman–Crippen MR) is 144 cm³/mol. The number of aliphatic hydroxyl groups is 1. The van der Waals surface area contributed by atoms with Gasteiger partial charge in [0, 0.05) is 18.4 Å². The number of hydrogen-bond acceptors (Lipinski definition) is 3. The Balaban J connectivity index is 1.54. The molecule has 36 heavy (non-hydrogen) atoms. The molecule has 4 unspecified atom stereocenters. The molecule has 4 nitrogen and oxygen atoms in total. The van der Waals surface area contributed by atoms with Gasteiger partial charge in [0.15, 0.2) is 0 Å². The second-order valence-corrected chi connectivity index (χ2v) is 15.0. The van der Waals surface area contributed by atoms with Crippen molar-refractivity contribution in [3.05, 3.63) is 12.2 Å². The number of carbonyl (C=O) groups excluding carboxylic acids is 2. The number of hydrogen-bond donors (Lipinski definition) is 2. The van der Waals surface area contributed by atoms with Crippen LogP contribution in [0.15, 0.2) is 12.2 Å². The summed E-state index contributed by atoms with van der Waals surface area (Å²) in [4.78, 5) is 26.7. The molecule has 5 saturated carbocycles. The molecule has 4 heteroatoms. The van der Waals surface area contributed by atoms with E-state index in [0.29, 0.717) is 41.9 Å². The Morgan fingerprint density at radius 1 is 0.944 bits per heavy atom. The zero-order chi connectivity index (χ0) is 26.3. The average Bonchev–Trinajstić information content (AvgIpc) is 3.22. The van der Waals surface area contributed by atoms with Crippen molar-refractivity contribution in [2.24, 2.45) is 56.7 Å². The minimum absolute atomic E-state index is 0.00407. The Morgan fingerprint density at radius 2 is 1.67 bits per heavy atom. The highest BCUT2D eigenvalue weighted by molar-refractivity contribution is 5.85. The highest BCUT2D eigenvalue weighted by Gasteiger charge is 2.71. The number of amides is 1. The Hall–Kier alpha value is -1.16. The molecule has 2 N–H and O–H groups in total. The van der Waals surface area contributed by atoms with Gasteiger partial charge < -0.3 is 10.4 Å². The molecule has 0 radical (unpaired) electrons. The third kappa shape index (κ3) is 3.21. The number of Topliss-reactive ketones (excluding diaryl/α,β-unsaturated/α-hetero) is 1. The van der Waals surface area contributed by atoms with Crippen molar-refractivity contribution in [2.45, 2.75) is 106 Å². The van der Waals surface area contributed by atoms with Gasteiger partial charge in [0.25, 0.3) is 0 Å². The molecule has 0 bridgehead atoms. The SMILES string of the molecule is C=C(C)[C@@H]1CC[C@]2(C(=O)NCCO)CC[C@@]3(C)C(CCC4[C@@]5(C)CCC(=O)C(C)(C)C5CC[C@]43C)C12. The Bertz CT molecular complexity index is 955. The third-order valence-electron chi connectivity index (χ3n) is 13.7. The molecular formula is C32H51NO3. The van der Waals surface area contributed by atoms with Gasteiger partial charge in [-0.1, -0.05) is 46.8 Å². The van der Waals surface area contributed by atoms with Crippen molar-refractivity contribution in [2.75, 3.05) is 13.2 Å². The fraction of sp³-hybridized carbons (Fsp3) is 0.875. The Morgan fingerprint density at radius 3 is 2.33 bits per heavy atom. The van der Waals surface area contributed by atoms with Gasteiger partial charge in [0.05, 0.1) is 12.0 Å². The number of rotatable bonds is 4. The summed E-state index contributed by atoms with van der Waals surface area (Å²) in [6.45, 7) is 19.1. The van der Waals surface area contributed by atoms with E-state index < -0.39 is 0 Å². The number of allylic oxidation sites excluding steroid dienone is 1. The highest BCUT2D eigenvalue weighted by atomic mass is 16.3. The maximum absolute atomic E-state index is 13.7. The van der Waals surface area contributed by atoms with Crippen molar-refractivity contribution < 1.29 is 14.7 Å². The molecule has 5 fully saturated rings. The normalized spacial score (nSPS) is 49.3. The van der Waals surface area contributed by atoms with Crippen molar-refractivity contribution in [3.8, 4) is 0 Å². The summed E-state index contributed by atoms with van der Waals surface area (Å²) in [5.74, 6) is 3.05. The minimum atomic E-state index is -0.313. The molecule has 202 valence electrons. The van der Waals surface area contributed by atoms with Crippen LogP contribution in [0.4, 0.5) is 0 Å². The molecule has 9 atom stereocenters. The van der Waals surface area contributed by atoms with Gasteiger partial charge in [-0.2, -0.15) is 0 Å². The van der Waals surface area contributed by atoms with E-state index in [4.69, 9.17) is 0 Å². The number of fused-ring (bicyclic) bond motifs is 7. The lowest BCUT2D eigenvalue weighted by Crippen LogP contribution is -2.67. The molecule has 0 aromatic carbocycles. The molecule has 0 spiro atoms. The summed E-state index contributed by atoms with van der Waals surface area (Å²) in [6.07, 6.45) is 10.6. The second-order valence-electron chi connectivity index (χ2n) is 15.0. The monoisotopic (exact) mass is 497 g/mol. The summed E-state index contributed by atoms with van der Waals surface area (Å²) < 4.78 is 0. The number of carbonyl (C=O) groups is 2. The Kier molecular flexibility index (Phi) is 6.18. The lowest BCUT2D eigenvalue weighted by molar-refractivity contribution is -0.233. The van der Waals surface area contributed by atoms with Crippen molar-refractivity contribution in [3.63, 3.8) is 0 Å². The van der Waals surface area contributed by atoms with Gasteiger partial charge in [-0.05, 0) is 111 Å². The summed E-state index contributed by atoms with van der Waals surface area (Å²) in [6, 6.07) is 0. The van der Waals surface area contributed by atoms with E-state index in [1.54, 1.807) is 0 Å². The maximum atomic E-state index is 13.7. The maximum Gasteiger partial charge on any atom is 0.226 e. The van der Waals surface area contributed by atoms with Gasteiger partial charge in [0.1, 0.15) is 5.78 Å². The minimum Gasteiger partial charge on any atom is -0.395 e. The van der Waals surface area contributed by atoms with Crippen LogP contribution in [0.5, 0.6) is 0 Å².